The van der Waals surface area contributed by atoms with E-state index in [0.717, 1.165) is 42.5 Å². The fraction of sp³-hybridized carbons (Fsp3) is 0.618. The van der Waals surface area contributed by atoms with Crippen LogP contribution in [0.15, 0.2) is 43.5 Å². The number of aryl methyl sites for hydroxylation is 2. The van der Waals surface area contributed by atoms with Crippen molar-refractivity contribution in [2.75, 3.05) is 24.7 Å². The first-order chi connectivity index (χ1) is 20.0. The Bertz CT molecular complexity index is 1200. The van der Waals surface area contributed by atoms with E-state index in [1.165, 1.54) is 0 Å². The normalized spacial score (nSPS) is 29.2. The minimum absolute atomic E-state index is 0.0365. The number of carbonyl (C=O) groups excluding carboxylic acids is 3. The molecule has 0 radical (unpaired) electrons. The smallest absolute Gasteiger partial charge is 0.311 e. The van der Waals surface area contributed by atoms with Crippen LogP contribution in [0.2, 0.25) is 0 Å². The summed E-state index contributed by atoms with van der Waals surface area (Å²) in [5.41, 5.74) is 2.74. The number of likely N-dealkylation sites (tertiary alicyclic amines) is 1. The van der Waals surface area contributed by atoms with Crippen molar-refractivity contribution < 1.29 is 24.2 Å². The van der Waals surface area contributed by atoms with Gasteiger partial charge in [0.05, 0.1) is 35.8 Å². The maximum absolute atomic E-state index is 15.0. The first-order valence-corrected chi connectivity index (χ1v) is 16.2. The highest BCUT2D eigenvalue weighted by molar-refractivity contribution is 8.02. The summed E-state index contributed by atoms with van der Waals surface area (Å²) in [5, 5.41) is 10.7. The third-order valence-electron chi connectivity index (χ3n) is 9.88. The first-order valence-electron chi connectivity index (χ1n) is 15.4. The number of hydrogen-bond acceptors (Lipinski definition) is 6. The van der Waals surface area contributed by atoms with Gasteiger partial charge in [-0.15, -0.1) is 24.9 Å². The number of esters is 1. The lowest BCUT2D eigenvalue weighted by molar-refractivity contribution is -0.156. The molecule has 0 saturated carbocycles. The van der Waals surface area contributed by atoms with Gasteiger partial charge >= 0.3 is 5.97 Å². The molecule has 3 aliphatic rings. The molecule has 3 saturated heterocycles. The molecule has 1 spiro atoms. The van der Waals surface area contributed by atoms with Crippen molar-refractivity contribution in [2.45, 2.75) is 94.7 Å². The largest absolute Gasteiger partial charge is 0.465 e. The molecule has 2 amide bonds. The fourth-order valence-corrected chi connectivity index (χ4v) is 9.95. The van der Waals surface area contributed by atoms with Crippen molar-refractivity contribution in [1.82, 2.24) is 4.90 Å². The van der Waals surface area contributed by atoms with E-state index in [9.17, 15) is 19.5 Å². The molecule has 4 rings (SSSR count). The Morgan fingerprint density at radius 3 is 2.50 bits per heavy atom. The standard InChI is InChI=1S/C34H48N2O5S/c1-8-11-12-13-20-41-32(40)27-26-30(38)36(25(21-37)22(4)10-3)29(34(26)18-17-33(27,7)42-34)31(39)35(19-9-2)28-23(5)15-14-16-24(28)6/h8-9,14-16,22,25-27,29,37H,1-2,10-13,17-21H2,3-7H3/t22-,25-,26-,27-,29?,33+,34?/m0/s1. The Kier molecular flexibility index (Phi) is 9.98. The number of ether oxygens (including phenoxy) is 1. The third-order valence-corrected chi connectivity index (χ3v) is 11.9. The molecule has 3 aliphatic heterocycles. The van der Waals surface area contributed by atoms with Gasteiger partial charge in [-0.3, -0.25) is 14.4 Å². The van der Waals surface area contributed by atoms with E-state index in [1.807, 2.05) is 52.0 Å². The van der Waals surface area contributed by atoms with Gasteiger partial charge in [-0.1, -0.05) is 50.6 Å². The van der Waals surface area contributed by atoms with Crippen molar-refractivity contribution in [3.05, 3.63) is 54.6 Å². The van der Waals surface area contributed by atoms with Crippen LogP contribution in [-0.4, -0.2) is 69.1 Å². The van der Waals surface area contributed by atoms with Crippen LogP contribution < -0.4 is 4.90 Å². The van der Waals surface area contributed by atoms with Gasteiger partial charge in [0, 0.05) is 17.0 Å². The van der Waals surface area contributed by atoms with E-state index < -0.39 is 33.4 Å². The summed E-state index contributed by atoms with van der Waals surface area (Å²) in [4.78, 5) is 46.8. The maximum atomic E-state index is 15.0. The second-order valence-electron chi connectivity index (χ2n) is 12.5. The van der Waals surface area contributed by atoms with Crippen LogP contribution in [0.25, 0.3) is 0 Å². The zero-order valence-electron chi connectivity index (χ0n) is 25.9. The van der Waals surface area contributed by atoms with Gasteiger partial charge in [-0.2, -0.15) is 0 Å². The number of unbranched alkanes of at least 4 members (excludes halogenated alkanes) is 2. The highest BCUT2D eigenvalue weighted by Crippen LogP contribution is 2.72. The summed E-state index contributed by atoms with van der Waals surface area (Å²) in [6.45, 7) is 18.1. The van der Waals surface area contributed by atoms with Crippen LogP contribution in [0.5, 0.6) is 0 Å². The quantitative estimate of drug-likeness (QED) is 0.171. The third kappa shape index (κ3) is 5.34. The number of fused-ring (bicyclic) bond motifs is 1. The van der Waals surface area contributed by atoms with Gasteiger partial charge in [-0.05, 0) is 69.9 Å². The summed E-state index contributed by atoms with van der Waals surface area (Å²) < 4.78 is 4.51. The molecule has 7 atom stereocenters. The maximum Gasteiger partial charge on any atom is 0.311 e. The summed E-state index contributed by atoms with van der Waals surface area (Å²) in [6, 6.07) is 4.58. The second kappa shape index (κ2) is 13.0. The number of nitrogens with zero attached hydrogens (tertiary/aromatic N) is 2. The van der Waals surface area contributed by atoms with Crippen LogP contribution >= 0.6 is 11.8 Å². The lowest BCUT2D eigenvalue weighted by Crippen LogP contribution is -2.59. The molecule has 1 N–H and O–H groups in total. The van der Waals surface area contributed by atoms with Crippen LogP contribution in [-0.2, 0) is 19.1 Å². The minimum Gasteiger partial charge on any atom is -0.465 e. The van der Waals surface area contributed by atoms with E-state index in [4.69, 9.17) is 4.74 Å². The lowest BCUT2D eigenvalue weighted by atomic mass is 9.66. The zero-order chi connectivity index (χ0) is 30.8. The van der Waals surface area contributed by atoms with Crippen molar-refractivity contribution in [2.24, 2.45) is 17.8 Å². The molecule has 2 unspecified atom stereocenters. The molecule has 1 aromatic carbocycles. The summed E-state index contributed by atoms with van der Waals surface area (Å²) in [6.07, 6.45) is 8.14. The molecule has 8 heteroatoms. The number of amides is 2. The van der Waals surface area contributed by atoms with Crippen LogP contribution in [0.1, 0.15) is 70.4 Å². The SMILES string of the molecule is C=CCCCCOC(=O)[C@@H]1[C@H]2C(=O)N([C@@H](CO)[C@@H](C)CC)C(C(=O)N(CC=C)c3c(C)cccc3C)C23CC[C@@]1(C)S3. The van der Waals surface area contributed by atoms with E-state index in [2.05, 4.69) is 20.1 Å². The number of aliphatic hydroxyl groups excluding tert-OH is 1. The van der Waals surface area contributed by atoms with Gasteiger partial charge in [0.25, 0.3) is 5.91 Å². The van der Waals surface area contributed by atoms with Crippen molar-refractivity contribution in [3.63, 3.8) is 0 Å². The summed E-state index contributed by atoms with van der Waals surface area (Å²) in [7, 11) is 0. The molecular weight excluding hydrogens is 548 g/mol. The molecule has 2 bridgehead atoms. The van der Waals surface area contributed by atoms with Gasteiger partial charge in [-0.25, -0.2) is 0 Å². The number of rotatable bonds is 14. The Labute approximate surface area is 255 Å². The lowest BCUT2D eigenvalue weighted by Gasteiger charge is -2.41. The molecule has 7 nitrogen and oxygen atoms in total. The van der Waals surface area contributed by atoms with E-state index in [1.54, 1.807) is 27.6 Å². The second-order valence-corrected chi connectivity index (χ2v) is 14.4. The first kappa shape index (κ1) is 32.3. The molecule has 230 valence electrons. The Hall–Kier alpha value is -2.58. The highest BCUT2D eigenvalue weighted by Gasteiger charge is 2.78. The van der Waals surface area contributed by atoms with E-state index in [0.29, 0.717) is 19.4 Å². The molecule has 3 fully saturated rings. The number of aliphatic hydroxyl groups is 1. The number of para-hydroxylation sites is 1. The fourth-order valence-electron chi connectivity index (χ4n) is 7.63. The zero-order valence-corrected chi connectivity index (χ0v) is 26.8. The van der Waals surface area contributed by atoms with E-state index in [-0.39, 0.29) is 36.9 Å². The molecule has 42 heavy (non-hydrogen) atoms. The Morgan fingerprint density at radius 1 is 1.21 bits per heavy atom. The topological polar surface area (TPSA) is 87.1 Å². The summed E-state index contributed by atoms with van der Waals surface area (Å²) >= 11 is 1.63. The van der Waals surface area contributed by atoms with E-state index >= 15 is 0 Å². The predicted molar refractivity (Wildman–Crippen MR) is 169 cm³/mol. The number of anilines is 1. The highest BCUT2D eigenvalue weighted by atomic mass is 32.2. The van der Waals surface area contributed by atoms with Gasteiger partial charge < -0.3 is 19.6 Å². The number of hydrogen-bond donors (Lipinski definition) is 1. The van der Waals surface area contributed by atoms with Crippen molar-refractivity contribution in [1.29, 1.82) is 0 Å². The molecule has 3 heterocycles. The minimum atomic E-state index is -0.822. The Balaban J connectivity index is 1.80. The predicted octanol–water partition coefficient (Wildman–Crippen LogP) is 5.61. The average molecular weight is 597 g/mol. The number of thioether (sulfide) groups is 1. The van der Waals surface area contributed by atoms with Gasteiger partial charge in [0.1, 0.15) is 6.04 Å². The molecule has 0 aromatic heterocycles. The average Bonchev–Trinajstić information content (AvgIpc) is 3.53. The van der Waals surface area contributed by atoms with Crippen LogP contribution in [0, 0.1) is 31.6 Å². The molecular formula is C34H48N2O5S. The van der Waals surface area contributed by atoms with Crippen molar-refractivity contribution in [3.8, 4) is 0 Å². The number of allylic oxidation sites excluding steroid dienone is 1. The molecule has 1 aromatic rings. The van der Waals surface area contributed by atoms with Crippen LogP contribution in [0.3, 0.4) is 0 Å². The molecule has 0 aliphatic carbocycles. The van der Waals surface area contributed by atoms with Crippen molar-refractivity contribution >= 4 is 35.2 Å². The van der Waals surface area contributed by atoms with Crippen LogP contribution in [0.4, 0.5) is 5.69 Å². The summed E-state index contributed by atoms with van der Waals surface area (Å²) in [5.74, 6) is -2.10. The number of carbonyl (C=O) groups is 3. The monoisotopic (exact) mass is 596 g/mol. The van der Waals surface area contributed by atoms with Gasteiger partial charge in [0.15, 0.2) is 0 Å². The Morgan fingerprint density at radius 2 is 1.90 bits per heavy atom. The number of benzene rings is 1. The van der Waals surface area contributed by atoms with Gasteiger partial charge in [0.2, 0.25) is 5.91 Å².